The molecule has 12 nitrogen and oxygen atoms in total. The molecule has 3 rings (SSSR count). The fourth-order valence-corrected chi connectivity index (χ4v) is 3.47. The first-order valence-corrected chi connectivity index (χ1v) is 8.93. The Kier molecular flexibility index (Phi) is 4.77. The van der Waals surface area contributed by atoms with Crippen LogP contribution < -0.4 is 19.5 Å². The van der Waals surface area contributed by atoms with Gasteiger partial charge in [-0.2, -0.15) is 15.1 Å². The zero-order valence-electron chi connectivity index (χ0n) is 14.5. The van der Waals surface area contributed by atoms with E-state index in [1.165, 1.54) is 37.9 Å². The van der Waals surface area contributed by atoms with Crippen molar-refractivity contribution in [1.29, 1.82) is 0 Å². The first-order valence-electron chi connectivity index (χ1n) is 7.45. The van der Waals surface area contributed by atoms with E-state index in [2.05, 4.69) is 25.4 Å². The summed E-state index contributed by atoms with van der Waals surface area (Å²) in [6, 6.07) is 1.93. The van der Waals surface area contributed by atoms with Crippen molar-refractivity contribution < 1.29 is 22.7 Å². The molecule has 0 saturated carbocycles. The maximum Gasteiger partial charge on any atom is 0.335 e. The smallest absolute Gasteiger partial charge is 0.335 e. The summed E-state index contributed by atoms with van der Waals surface area (Å²) in [6.45, 7) is 1.50. The van der Waals surface area contributed by atoms with Crippen LogP contribution in [0.3, 0.4) is 0 Å². The van der Waals surface area contributed by atoms with Gasteiger partial charge in [-0.25, -0.2) is 27.4 Å². The Morgan fingerprint density at radius 3 is 2.48 bits per heavy atom. The SMILES string of the molecule is COc1cc(OC)nc(NC(=O)NS(=O)(=O)c2c(C)nn3cccnc23)n1. The number of aromatic nitrogens is 5. The van der Waals surface area contributed by atoms with Crippen LogP contribution in [0.2, 0.25) is 0 Å². The van der Waals surface area contributed by atoms with Gasteiger partial charge in [0.05, 0.1) is 26.0 Å². The first-order chi connectivity index (χ1) is 12.8. The van der Waals surface area contributed by atoms with Crippen molar-refractivity contribution in [1.82, 2.24) is 29.3 Å². The predicted molar refractivity (Wildman–Crippen MR) is 92.2 cm³/mol. The number of aryl methyl sites for hydroxylation is 1. The molecule has 3 heterocycles. The van der Waals surface area contributed by atoms with Gasteiger partial charge in [0.15, 0.2) is 10.5 Å². The van der Waals surface area contributed by atoms with Crippen LogP contribution in [0, 0.1) is 6.92 Å². The Bertz CT molecular complexity index is 1090. The molecule has 0 atom stereocenters. The Balaban J connectivity index is 1.86. The standard InChI is InChI=1S/C14H15N7O5S/c1-8-11(12-15-5-4-6-21(12)19-8)27(23,24)20-14(22)18-13-16-9(25-2)7-10(17-13)26-3/h4-7H,1-3H3,(H2,16,17,18,20,22). The molecule has 0 spiro atoms. The van der Waals surface area contributed by atoms with Gasteiger partial charge in [-0.1, -0.05) is 0 Å². The topological polar surface area (TPSA) is 150 Å². The number of carbonyl (C=O) groups is 1. The highest BCUT2D eigenvalue weighted by atomic mass is 32.2. The fourth-order valence-electron chi connectivity index (χ4n) is 2.26. The highest BCUT2D eigenvalue weighted by Gasteiger charge is 2.26. The Morgan fingerprint density at radius 1 is 1.19 bits per heavy atom. The third-order valence-electron chi connectivity index (χ3n) is 3.34. The number of methoxy groups -OCH3 is 2. The lowest BCUT2D eigenvalue weighted by atomic mass is 10.5. The molecule has 0 bridgehead atoms. The van der Waals surface area contributed by atoms with E-state index >= 15 is 0 Å². The van der Waals surface area contributed by atoms with Crippen molar-refractivity contribution in [2.24, 2.45) is 0 Å². The number of hydrogen-bond donors (Lipinski definition) is 2. The van der Waals surface area contributed by atoms with Crippen molar-refractivity contribution in [2.75, 3.05) is 19.5 Å². The van der Waals surface area contributed by atoms with Crippen LogP contribution in [0.5, 0.6) is 11.8 Å². The van der Waals surface area contributed by atoms with Crippen LogP contribution >= 0.6 is 0 Å². The summed E-state index contributed by atoms with van der Waals surface area (Å²) in [5, 5.41) is 6.28. The van der Waals surface area contributed by atoms with Crippen molar-refractivity contribution in [3.05, 3.63) is 30.2 Å². The molecule has 142 valence electrons. The molecule has 0 aliphatic rings. The van der Waals surface area contributed by atoms with Gasteiger partial charge in [0.2, 0.25) is 17.7 Å². The molecule has 13 heteroatoms. The third-order valence-corrected chi connectivity index (χ3v) is 4.80. The highest BCUT2D eigenvalue weighted by molar-refractivity contribution is 7.90. The largest absolute Gasteiger partial charge is 0.481 e. The molecular weight excluding hydrogens is 378 g/mol. The number of anilines is 1. The van der Waals surface area contributed by atoms with Gasteiger partial charge < -0.3 is 9.47 Å². The average molecular weight is 393 g/mol. The molecule has 0 radical (unpaired) electrons. The lowest BCUT2D eigenvalue weighted by Crippen LogP contribution is -2.35. The van der Waals surface area contributed by atoms with Crippen LogP contribution in [0.4, 0.5) is 10.7 Å². The number of nitrogens with one attached hydrogen (secondary N) is 2. The molecule has 0 aliphatic heterocycles. The van der Waals surface area contributed by atoms with Crippen molar-refractivity contribution in [3.63, 3.8) is 0 Å². The second kappa shape index (κ2) is 7.03. The summed E-state index contributed by atoms with van der Waals surface area (Å²) in [5.74, 6) is 0.0546. The number of sulfonamides is 1. The average Bonchev–Trinajstić information content (AvgIpc) is 2.97. The normalized spacial score (nSPS) is 11.2. The summed E-state index contributed by atoms with van der Waals surface area (Å²) in [5.41, 5.74) is 0.280. The number of urea groups is 1. The molecule has 0 aliphatic carbocycles. The van der Waals surface area contributed by atoms with E-state index in [4.69, 9.17) is 9.47 Å². The number of rotatable bonds is 5. The van der Waals surface area contributed by atoms with Gasteiger partial charge in [-0.15, -0.1) is 0 Å². The van der Waals surface area contributed by atoms with Crippen LogP contribution in [-0.4, -0.2) is 53.2 Å². The second-order valence-corrected chi connectivity index (χ2v) is 6.76. The maximum atomic E-state index is 12.6. The van der Waals surface area contributed by atoms with Crippen LogP contribution in [0.15, 0.2) is 29.4 Å². The summed E-state index contributed by atoms with van der Waals surface area (Å²) in [6.07, 6.45) is 2.97. The van der Waals surface area contributed by atoms with Gasteiger partial charge in [0, 0.05) is 12.4 Å². The van der Waals surface area contributed by atoms with Gasteiger partial charge in [0.1, 0.15) is 0 Å². The van der Waals surface area contributed by atoms with E-state index in [0.717, 1.165) is 0 Å². The van der Waals surface area contributed by atoms with Gasteiger partial charge >= 0.3 is 6.03 Å². The highest BCUT2D eigenvalue weighted by Crippen LogP contribution is 2.20. The molecule has 0 saturated heterocycles. The van der Waals surface area contributed by atoms with Gasteiger partial charge in [-0.05, 0) is 13.0 Å². The number of fused-ring (bicyclic) bond motifs is 1. The predicted octanol–water partition coefficient (Wildman–Crippen LogP) is 0.355. The first kappa shape index (κ1) is 18.3. The number of hydrogen-bond acceptors (Lipinski definition) is 9. The Hall–Kier alpha value is -3.48. The molecule has 3 aromatic heterocycles. The number of ether oxygens (including phenoxy) is 2. The van der Waals surface area contributed by atoms with E-state index in [-0.39, 0.29) is 33.9 Å². The second-order valence-electron chi connectivity index (χ2n) is 5.14. The monoisotopic (exact) mass is 393 g/mol. The van der Waals surface area contributed by atoms with Crippen molar-refractivity contribution in [3.8, 4) is 11.8 Å². The molecule has 0 aromatic carbocycles. The van der Waals surface area contributed by atoms with E-state index in [1.54, 1.807) is 12.3 Å². The molecule has 0 unspecified atom stereocenters. The van der Waals surface area contributed by atoms with Gasteiger partial charge in [-0.3, -0.25) is 5.32 Å². The van der Waals surface area contributed by atoms with E-state index in [0.29, 0.717) is 0 Å². The molecule has 3 aromatic rings. The lowest BCUT2D eigenvalue weighted by molar-refractivity contribution is 0.256. The third kappa shape index (κ3) is 3.72. The Morgan fingerprint density at radius 2 is 1.85 bits per heavy atom. The molecule has 0 fully saturated rings. The molecular formula is C14H15N7O5S. The number of amides is 2. The maximum absolute atomic E-state index is 12.6. The molecule has 27 heavy (non-hydrogen) atoms. The molecule has 2 N–H and O–H groups in total. The van der Waals surface area contributed by atoms with Crippen LogP contribution in [-0.2, 0) is 10.0 Å². The van der Waals surface area contributed by atoms with E-state index in [1.807, 2.05) is 4.72 Å². The fraction of sp³-hybridized carbons (Fsp3) is 0.214. The van der Waals surface area contributed by atoms with Gasteiger partial charge in [0.25, 0.3) is 10.0 Å². The Labute approximate surface area is 153 Å². The van der Waals surface area contributed by atoms with Crippen LogP contribution in [0.1, 0.15) is 5.69 Å². The van der Waals surface area contributed by atoms with E-state index in [9.17, 15) is 13.2 Å². The van der Waals surface area contributed by atoms with Crippen LogP contribution in [0.25, 0.3) is 5.65 Å². The zero-order valence-corrected chi connectivity index (χ0v) is 15.3. The minimum Gasteiger partial charge on any atom is -0.481 e. The van der Waals surface area contributed by atoms with Crippen molar-refractivity contribution >= 4 is 27.6 Å². The summed E-state index contributed by atoms with van der Waals surface area (Å²) < 4.78 is 38.3. The minimum atomic E-state index is -4.25. The van der Waals surface area contributed by atoms with Crippen molar-refractivity contribution in [2.45, 2.75) is 11.8 Å². The minimum absolute atomic E-state index is 0.0922. The zero-order chi connectivity index (χ0) is 19.6. The summed E-state index contributed by atoms with van der Waals surface area (Å²) in [7, 11) is -1.51. The molecule has 2 amide bonds. The summed E-state index contributed by atoms with van der Waals surface area (Å²) >= 11 is 0. The van der Waals surface area contributed by atoms with E-state index < -0.39 is 16.1 Å². The lowest BCUT2D eigenvalue weighted by Gasteiger charge is -2.09. The number of nitrogens with zero attached hydrogens (tertiary/aromatic N) is 5. The quantitative estimate of drug-likeness (QED) is 0.626. The number of carbonyl (C=O) groups excluding carboxylic acids is 1. The summed E-state index contributed by atoms with van der Waals surface area (Å²) in [4.78, 5) is 23.7.